The number of aromatic nitrogens is 1. The highest BCUT2D eigenvalue weighted by molar-refractivity contribution is 5.96. The molecule has 2 aromatic carbocycles. The summed E-state index contributed by atoms with van der Waals surface area (Å²) in [7, 11) is 3.27. The number of nitriles is 1. The predicted octanol–water partition coefficient (Wildman–Crippen LogP) is 4.72. The third-order valence-electron chi connectivity index (χ3n) is 5.76. The highest BCUT2D eigenvalue weighted by atomic mass is 16.5. The maximum absolute atomic E-state index is 10.0. The summed E-state index contributed by atoms with van der Waals surface area (Å²) in [5, 5.41) is 13.6. The third kappa shape index (κ3) is 3.92. The lowest BCUT2D eigenvalue weighted by atomic mass is 9.81. The molecular weight excluding hydrogens is 416 g/mol. The molecule has 3 aromatic rings. The molecule has 0 spiro atoms. The Morgan fingerprint density at radius 3 is 2.18 bits per heavy atom. The Balaban J connectivity index is 1.98. The molecule has 0 aliphatic carbocycles. The highest BCUT2D eigenvalue weighted by Crippen LogP contribution is 2.47. The third-order valence-corrected chi connectivity index (χ3v) is 5.76. The molecule has 0 fully saturated rings. The average molecular weight is 443 g/mol. The Hall–Kier alpha value is -4.18. The number of benzene rings is 2. The average Bonchev–Trinajstić information content (AvgIpc) is 2.84. The first-order chi connectivity index (χ1) is 15.9. The molecule has 1 unspecified atom stereocenters. The lowest BCUT2D eigenvalue weighted by Gasteiger charge is -2.37. The first-order valence-corrected chi connectivity index (χ1v) is 10.6. The normalized spacial score (nSPS) is 16.6. The SMILES string of the molecule is CCOc1nc(N)c2c(c1C#N)NC(C)(c1ccc(OC)cc1)C=C2c1ccc(OC)cc1. The molecule has 0 saturated carbocycles. The van der Waals surface area contributed by atoms with E-state index in [0.29, 0.717) is 29.2 Å². The fraction of sp³-hybridized carbons (Fsp3) is 0.231. The fourth-order valence-electron chi connectivity index (χ4n) is 4.07. The van der Waals surface area contributed by atoms with Gasteiger partial charge in [-0.15, -0.1) is 0 Å². The molecule has 168 valence electrons. The van der Waals surface area contributed by atoms with Crippen molar-refractivity contribution in [3.63, 3.8) is 0 Å². The number of pyridine rings is 1. The van der Waals surface area contributed by atoms with Gasteiger partial charge < -0.3 is 25.3 Å². The van der Waals surface area contributed by atoms with Gasteiger partial charge in [-0.1, -0.05) is 24.3 Å². The zero-order valence-electron chi connectivity index (χ0n) is 19.1. The Morgan fingerprint density at radius 2 is 1.64 bits per heavy atom. The number of nitrogens with zero attached hydrogens (tertiary/aromatic N) is 2. The number of nitrogens with one attached hydrogen (secondary N) is 1. The summed E-state index contributed by atoms with van der Waals surface area (Å²) in [6, 6.07) is 17.8. The van der Waals surface area contributed by atoms with Crippen molar-refractivity contribution in [2.45, 2.75) is 19.4 Å². The number of rotatable bonds is 6. The van der Waals surface area contributed by atoms with E-state index in [2.05, 4.69) is 29.4 Å². The maximum Gasteiger partial charge on any atom is 0.235 e. The number of fused-ring (bicyclic) bond motifs is 1. The molecule has 0 saturated heterocycles. The van der Waals surface area contributed by atoms with Gasteiger partial charge in [-0.25, -0.2) is 0 Å². The molecule has 2 heterocycles. The van der Waals surface area contributed by atoms with E-state index < -0.39 is 5.54 Å². The number of hydrogen-bond donors (Lipinski definition) is 2. The Morgan fingerprint density at radius 1 is 1.03 bits per heavy atom. The van der Waals surface area contributed by atoms with Crippen LogP contribution in [0.25, 0.3) is 5.57 Å². The molecule has 4 rings (SSSR count). The monoisotopic (exact) mass is 442 g/mol. The minimum absolute atomic E-state index is 0.219. The minimum atomic E-state index is -0.641. The van der Waals surface area contributed by atoms with Gasteiger partial charge in [-0.2, -0.15) is 10.2 Å². The van der Waals surface area contributed by atoms with Gasteiger partial charge in [0, 0.05) is 5.56 Å². The molecule has 1 aromatic heterocycles. The van der Waals surface area contributed by atoms with Gasteiger partial charge in [0.1, 0.15) is 28.9 Å². The van der Waals surface area contributed by atoms with Gasteiger partial charge in [0.15, 0.2) is 0 Å². The summed E-state index contributed by atoms with van der Waals surface area (Å²) in [6.45, 7) is 4.27. The molecule has 7 nitrogen and oxygen atoms in total. The van der Waals surface area contributed by atoms with Gasteiger partial charge in [0.25, 0.3) is 0 Å². The first-order valence-electron chi connectivity index (χ1n) is 10.6. The summed E-state index contributed by atoms with van der Waals surface area (Å²) in [4.78, 5) is 4.41. The summed E-state index contributed by atoms with van der Waals surface area (Å²) in [5.74, 6) is 2.03. The van der Waals surface area contributed by atoms with Gasteiger partial charge in [0.2, 0.25) is 5.88 Å². The van der Waals surface area contributed by atoms with E-state index in [0.717, 1.165) is 28.2 Å². The number of nitrogens with two attached hydrogens (primary N) is 1. The van der Waals surface area contributed by atoms with E-state index in [1.54, 1.807) is 14.2 Å². The van der Waals surface area contributed by atoms with Crippen LogP contribution in [0, 0.1) is 11.3 Å². The van der Waals surface area contributed by atoms with Gasteiger partial charge >= 0.3 is 0 Å². The van der Waals surface area contributed by atoms with Gasteiger partial charge in [-0.3, -0.25) is 0 Å². The van der Waals surface area contributed by atoms with E-state index >= 15 is 0 Å². The van der Waals surface area contributed by atoms with E-state index in [1.165, 1.54) is 0 Å². The number of ether oxygens (including phenoxy) is 3. The summed E-state index contributed by atoms with van der Waals surface area (Å²) in [5.41, 5.74) is 10.2. The number of anilines is 2. The largest absolute Gasteiger partial charge is 0.497 e. The number of hydrogen-bond acceptors (Lipinski definition) is 7. The van der Waals surface area contributed by atoms with Crippen LogP contribution in [-0.4, -0.2) is 25.8 Å². The van der Waals surface area contributed by atoms with Crippen LogP contribution in [0.2, 0.25) is 0 Å². The molecule has 0 bridgehead atoms. The van der Waals surface area contributed by atoms with Crippen LogP contribution in [0.3, 0.4) is 0 Å². The quantitative estimate of drug-likeness (QED) is 0.569. The number of methoxy groups -OCH3 is 2. The maximum atomic E-state index is 10.0. The topological polar surface area (TPSA) is 102 Å². The van der Waals surface area contributed by atoms with Crippen LogP contribution in [0.5, 0.6) is 17.4 Å². The fourth-order valence-corrected chi connectivity index (χ4v) is 4.07. The van der Waals surface area contributed by atoms with Gasteiger partial charge in [-0.05, 0) is 60.9 Å². The second kappa shape index (κ2) is 8.75. The molecule has 3 N–H and O–H groups in total. The van der Waals surface area contributed by atoms with E-state index in [9.17, 15) is 5.26 Å². The van der Waals surface area contributed by atoms with Crippen molar-refractivity contribution in [2.24, 2.45) is 0 Å². The molecule has 1 atom stereocenters. The van der Waals surface area contributed by atoms with Crippen molar-refractivity contribution in [3.05, 3.63) is 76.9 Å². The molecule has 1 aliphatic heterocycles. The Labute approximate surface area is 193 Å². The van der Waals surface area contributed by atoms with Crippen molar-refractivity contribution < 1.29 is 14.2 Å². The first kappa shape index (κ1) is 22.0. The molecule has 7 heteroatoms. The van der Waals surface area contributed by atoms with Crippen molar-refractivity contribution >= 4 is 17.1 Å². The summed E-state index contributed by atoms with van der Waals surface area (Å²) < 4.78 is 16.3. The lowest BCUT2D eigenvalue weighted by molar-refractivity contribution is 0.326. The van der Waals surface area contributed by atoms with Crippen molar-refractivity contribution in [3.8, 4) is 23.4 Å². The predicted molar refractivity (Wildman–Crippen MR) is 129 cm³/mol. The van der Waals surface area contributed by atoms with Crippen LogP contribution >= 0.6 is 0 Å². The van der Waals surface area contributed by atoms with Crippen molar-refractivity contribution in [1.82, 2.24) is 4.98 Å². The van der Waals surface area contributed by atoms with E-state index in [1.807, 2.05) is 55.5 Å². The van der Waals surface area contributed by atoms with E-state index in [-0.39, 0.29) is 5.88 Å². The van der Waals surface area contributed by atoms with Crippen molar-refractivity contribution in [2.75, 3.05) is 31.9 Å². The standard InChI is InChI=1S/C26H26N4O3/c1-5-33-25-21(15-27)23-22(24(28)29-25)20(16-6-10-18(31-3)11-7-16)14-26(2,30-23)17-8-12-19(32-4)13-9-17/h6-14,30H,5H2,1-4H3,(H2,28,29). The number of nitrogen functional groups attached to an aromatic ring is 1. The van der Waals surface area contributed by atoms with Crippen LogP contribution in [0.15, 0.2) is 54.6 Å². The Bertz CT molecular complexity index is 1240. The zero-order chi connectivity index (χ0) is 23.6. The smallest absolute Gasteiger partial charge is 0.235 e. The second-order valence-electron chi connectivity index (χ2n) is 7.81. The minimum Gasteiger partial charge on any atom is -0.497 e. The van der Waals surface area contributed by atoms with Crippen LogP contribution < -0.4 is 25.3 Å². The molecule has 0 amide bonds. The van der Waals surface area contributed by atoms with Crippen LogP contribution in [0.1, 0.15) is 36.1 Å². The van der Waals surface area contributed by atoms with E-state index in [4.69, 9.17) is 19.9 Å². The van der Waals surface area contributed by atoms with Crippen LogP contribution in [0.4, 0.5) is 11.5 Å². The van der Waals surface area contributed by atoms with Gasteiger partial charge in [0.05, 0.1) is 32.1 Å². The molecule has 1 aliphatic rings. The summed E-state index contributed by atoms with van der Waals surface area (Å²) >= 11 is 0. The molecule has 33 heavy (non-hydrogen) atoms. The second-order valence-corrected chi connectivity index (χ2v) is 7.81. The van der Waals surface area contributed by atoms with Crippen LogP contribution in [-0.2, 0) is 5.54 Å². The molecule has 0 radical (unpaired) electrons. The summed E-state index contributed by atoms with van der Waals surface area (Å²) in [6.07, 6.45) is 2.11. The lowest BCUT2D eigenvalue weighted by Crippen LogP contribution is -2.34. The Kier molecular flexibility index (Phi) is 5.84. The highest BCUT2D eigenvalue weighted by Gasteiger charge is 2.35. The zero-order valence-corrected chi connectivity index (χ0v) is 19.1. The van der Waals surface area contributed by atoms with Crippen molar-refractivity contribution in [1.29, 1.82) is 5.26 Å². The molecular formula is C26H26N4O3.